The van der Waals surface area contributed by atoms with Gasteiger partial charge in [-0.2, -0.15) is 5.10 Å². The van der Waals surface area contributed by atoms with Crippen LogP contribution in [0.5, 0.6) is 5.75 Å². The molecule has 0 aromatic heterocycles. The molecule has 1 rings (SSSR count). The molecule has 0 saturated carbocycles. The second-order valence-electron chi connectivity index (χ2n) is 2.90. The molecule has 5 nitrogen and oxygen atoms in total. The summed E-state index contributed by atoms with van der Waals surface area (Å²) in [5.74, 6) is 4.33. The van der Waals surface area contributed by atoms with Crippen molar-refractivity contribution >= 4 is 11.7 Å². The number of rotatable bonds is 4. The van der Waals surface area contributed by atoms with Gasteiger partial charge in [-0.3, -0.25) is 0 Å². The van der Waals surface area contributed by atoms with E-state index < -0.39 is 12.6 Å². The van der Waals surface area contributed by atoms with Gasteiger partial charge in [0.05, 0.1) is 11.7 Å². The lowest BCUT2D eigenvalue weighted by molar-refractivity contribution is -0.307. The first-order valence-corrected chi connectivity index (χ1v) is 4.31. The molecule has 0 radical (unpaired) electrons. The number of hydrogen-bond donors (Lipinski definition) is 1. The molecule has 0 aliphatic heterocycles. The van der Waals surface area contributed by atoms with Crippen molar-refractivity contribution in [2.45, 2.75) is 6.92 Å². The second kappa shape index (κ2) is 4.99. The molecule has 0 bridgehead atoms. The smallest absolute Gasteiger partial charge is 0.128 e. The lowest BCUT2D eigenvalue weighted by atomic mass is 10.1. The van der Waals surface area contributed by atoms with E-state index in [1.165, 1.54) is 0 Å². The van der Waals surface area contributed by atoms with Crippen LogP contribution in [0.4, 0.5) is 0 Å². The molecule has 80 valence electrons. The van der Waals surface area contributed by atoms with Crippen LogP contribution in [0.1, 0.15) is 12.5 Å². The number of ether oxygens (including phenoxy) is 1. The van der Waals surface area contributed by atoms with Crippen LogP contribution in [-0.2, 0) is 4.79 Å². The first kappa shape index (κ1) is 11.0. The summed E-state index contributed by atoms with van der Waals surface area (Å²) in [7, 11) is 0. The highest BCUT2D eigenvalue weighted by molar-refractivity contribution is 5.98. The Morgan fingerprint density at radius 3 is 2.53 bits per heavy atom. The van der Waals surface area contributed by atoms with Crippen LogP contribution in [0, 0.1) is 0 Å². The summed E-state index contributed by atoms with van der Waals surface area (Å²) >= 11 is 0. The van der Waals surface area contributed by atoms with Crippen molar-refractivity contribution in [3.63, 3.8) is 0 Å². The molecule has 1 aromatic rings. The van der Waals surface area contributed by atoms with Crippen molar-refractivity contribution in [3.05, 3.63) is 29.8 Å². The first-order valence-electron chi connectivity index (χ1n) is 4.31. The molecule has 15 heavy (non-hydrogen) atoms. The fourth-order valence-electron chi connectivity index (χ4n) is 1.01. The number of benzene rings is 1. The lowest BCUT2D eigenvalue weighted by Gasteiger charge is -2.07. The average molecular weight is 207 g/mol. The number of carboxylic acid groups (broad SMARTS) is 1. The third-order valence-corrected chi connectivity index (χ3v) is 1.82. The van der Waals surface area contributed by atoms with Crippen molar-refractivity contribution in [3.8, 4) is 5.75 Å². The van der Waals surface area contributed by atoms with Gasteiger partial charge in [-0.05, 0) is 36.8 Å². The van der Waals surface area contributed by atoms with Gasteiger partial charge in [-0.1, -0.05) is 0 Å². The molecule has 0 amide bonds. The van der Waals surface area contributed by atoms with E-state index in [-0.39, 0.29) is 0 Å². The number of aliphatic carboxylic acids is 1. The Balaban J connectivity index is 2.68. The van der Waals surface area contributed by atoms with E-state index in [2.05, 4.69) is 5.10 Å². The van der Waals surface area contributed by atoms with Gasteiger partial charge in [0, 0.05) is 0 Å². The van der Waals surface area contributed by atoms with Crippen molar-refractivity contribution in [2.24, 2.45) is 10.9 Å². The van der Waals surface area contributed by atoms with Crippen LogP contribution in [0.3, 0.4) is 0 Å². The molecule has 0 aliphatic rings. The van der Waals surface area contributed by atoms with Crippen LogP contribution >= 0.6 is 0 Å². The fourth-order valence-corrected chi connectivity index (χ4v) is 1.01. The average Bonchev–Trinajstić information content (AvgIpc) is 2.26. The molecule has 0 aliphatic carbocycles. The van der Waals surface area contributed by atoms with E-state index in [4.69, 9.17) is 10.6 Å². The maximum absolute atomic E-state index is 10.1. The quantitative estimate of drug-likeness (QED) is 0.409. The Labute approximate surface area is 87.2 Å². The molecule has 0 spiro atoms. The Morgan fingerprint density at radius 2 is 2.07 bits per heavy atom. The molecular weight excluding hydrogens is 196 g/mol. The van der Waals surface area contributed by atoms with Gasteiger partial charge in [-0.25, -0.2) is 0 Å². The molecule has 0 atom stereocenters. The van der Waals surface area contributed by atoms with Gasteiger partial charge >= 0.3 is 0 Å². The predicted molar refractivity (Wildman–Crippen MR) is 53.3 cm³/mol. The topological polar surface area (TPSA) is 87.7 Å². The molecule has 2 N–H and O–H groups in total. The molecule has 0 unspecified atom stereocenters. The largest absolute Gasteiger partial charge is 0.546 e. The van der Waals surface area contributed by atoms with Gasteiger partial charge in [0.1, 0.15) is 12.4 Å². The summed E-state index contributed by atoms with van der Waals surface area (Å²) in [6.07, 6.45) is 0. The highest BCUT2D eigenvalue weighted by Crippen LogP contribution is 2.12. The van der Waals surface area contributed by atoms with Crippen molar-refractivity contribution in [1.82, 2.24) is 0 Å². The van der Waals surface area contributed by atoms with E-state index >= 15 is 0 Å². The van der Waals surface area contributed by atoms with Gasteiger partial charge in [0.25, 0.3) is 0 Å². The van der Waals surface area contributed by atoms with Crippen LogP contribution < -0.4 is 15.7 Å². The van der Waals surface area contributed by atoms with Crippen LogP contribution in [0.25, 0.3) is 0 Å². The zero-order chi connectivity index (χ0) is 11.3. The summed E-state index contributed by atoms with van der Waals surface area (Å²) in [6, 6.07) is 6.78. The minimum Gasteiger partial charge on any atom is -0.546 e. The normalized spacial score (nSPS) is 11.1. The maximum atomic E-state index is 10.1. The predicted octanol–water partition coefficient (Wildman–Crippen LogP) is -0.502. The van der Waals surface area contributed by atoms with Crippen molar-refractivity contribution in [1.29, 1.82) is 0 Å². The van der Waals surface area contributed by atoms with Gasteiger partial charge in [-0.15, -0.1) is 0 Å². The number of hydrazone groups is 1. The number of hydrogen-bond acceptors (Lipinski definition) is 5. The fraction of sp³-hybridized carbons (Fsp3) is 0.200. The van der Waals surface area contributed by atoms with Crippen LogP contribution in [-0.4, -0.2) is 18.3 Å². The van der Waals surface area contributed by atoms with Crippen LogP contribution in [0.2, 0.25) is 0 Å². The highest BCUT2D eigenvalue weighted by atomic mass is 16.5. The molecule has 0 heterocycles. The highest BCUT2D eigenvalue weighted by Gasteiger charge is 1.98. The molecule has 5 heteroatoms. The molecular formula is C10H11N2O3-. The minimum atomic E-state index is -1.25. The van der Waals surface area contributed by atoms with Crippen molar-refractivity contribution in [2.75, 3.05) is 6.61 Å². The zero-order valence-electron chi connectivity index (χ0n) is 8.27. The monoisotopic (exact) mass is 207 g/mol. The van der Waals surface area contributed by atoms with E-state index in [1.54, 1.807) is 31.2 Å². The Bertz CT molecular complexity index is 371. The number of nitrogens with zero attached hydrogens (tertiary/aromatic N) is 1. The third-order valence-electron chi connectivity index (χ3n) is 1.82. The molecule has 0 fully saturated rings. The summed E-state index contributed by atoms with van der Waals surface area (Å²) in [5.41, 5.74) is 1.56. The Hall–Kier alpha value is -2.04. The summed E-state index contributed by atoms with van der Waals surface area (Å²) in [5, 5.41) is 13.7. The van der Waals surface area contributed by atoms with E-state index in [0.29, 0.717) is 11.5 Å². The number of carboxylic acids is 1. The lowest BCUT2D eigenvalue weighted by Crippen LogP contribution is -2.28. The number of nitrogens with two attached hydrogens (primary N) is 1. The number of carbonyl (C=O) groups is 1. The van der Waals surface area contributed by atoms with E-state index in [1.807, 2.05) is 0 Å². The zero-order valence-corrected chi connectivity index (χ0v) is 8.27. The Morgan fingerprint density at radius 1 is 1.47 bits per heavy atom. The summed E-state index contributed by atoms with van der Waals surface area (Å²) < 4.78 is 4.90. The number of carbonyl (C=O) groups excluding carboxylic acids is 1. The van der Waals surface area contributed by atoms with Crippen molar-refractivity contribution < 1.29 is 14.6 Å². The van der Waals surface area contributed by atoms with Gasteiger partial charge in [0.2, 0.25) is 0 Å². The summed E-state index contributed by atoms with van der Waals surface area (Å²) in [6.45, 7) is 1.32. The minimum absolute atomic E-state index is 0.455. The van der Waals surface area contributed by atoms with Crippen LogP contribution in [0.15, 0.2) is 29.4 Å². The Kier molecular flexibility index (Phi) is 3.68. The van der Waals surface area contributed by atoms with Gasteiger partial charge < -0.3 is 20.5 Å². The molecule has 1 aromatic carbocycles. The molecule has 0 saturated heterocycles. The van der Waals surface area contributed by atoms with E-state index in [9.17, 15) is 9.90 Å². The summed E-state index contributed by atoms with van der Waals surface area (Å²) in [4.78, 5) is 10.1. The second-order valence-corrected chi connectivity index (χ2v) is 2.90. The third kappa shape index (κ3) is 3.30. The van der Waals surface area contributed by atoms with E-state index in [0.717, 1.165) is 5.56 Å². The standard InChI is InChI=1S/C10H12N2O3/c1-7(12-11)8-2-4-9(5-3-8)15-6-10(13)14/h2-5H,6,11H2,1H3,(H,13,14)/p-1/b12-7-. The maximum Gasteiger partial charge on any atom is 0.128 e. The SMILES string of the molecule is C/C(=N/N)c1ccc(OCC(=O)[O-])cc1. The first-order chi connectivity index (χ1) is 7.13. The van der Waals surface area contributed by atoms with Gasteiger partial charge in [0.15, 0.2) is 0 Å².